The number of aryl methyl sites for hydroxylation is 1. The van der Waals surface area contributed by atoms with Crippen LogP contribution in [0.1, 0.15) is 23.0 Å². The van der Waals surface area contributed by atoms with E-state index in [-0.39, 0.29) is 12.4 Å². The number of piperazine rings is 1. The highest BCUT2D eigenvalue weighted by molar-refractivity contribution is 5.95. The fourth-order valence-electron chi connectivity index (χ4n) is 3.05. The number of ether oxygens (including phenoxy) is 1. The summed E-state index contributed by atoms with van der Waals surface area (Å²) in [6, 6.07) is 9.38. The summed E-state index contributed by atoms with van der Waals surface area (Å²) in [7, 11) is 0. The monoisotopic (exact) mass is 371 g/mol. The molecule has 0 radical (unpaired) electrons. The second-order valence-electron chi connectivity index (χ2n) is 6.53. The first kappa shape index (κ1) is 19.0. The first-order chi connectivity index (χ1) is 13.1. The highest BCUT2D eigenvalue weighted by atomic mass is 16.5. The Morgan fingerprint density at radius 3 is 2.41 bits per heavy atom. The van der Waals surface area contributed by atoms with E-state index < -0.39 is 11.9 Å². The van der Waals surface area contributed by atoms with E-state index in [4.69, 9.17) is 9.15 Å². The summed E-state index contributed by atoms with van der Waals surface area (Å²) in [5, 5.41) is 2.73. The number of anilines is 2. The zero-order valence-electron chi connectivity index (χ0n) is 15.7. The molecule has 7 nitrogen and oxygen atoms in total. The van der Waals surface area contributed by atoms with Crippen LogP contribution in [0.4, 0.5) is 11.4 Å². The zero-order valence-corrected chi connectivity index (χ0v) is 15.7. The predicted octanol–water partition coefficient (Wildman–Crippen LogP) is 2.53. The van der Waals surface area contributed by atoms with Crippen molar-refractivity contribution in [3.63, 3.8) is 0 Å². The smallest absolute Gasteiger partial charge is 0.375 e. The summed E-state index contributed by atoms with van der Waals surface area (Å²) < 4.78 is 10.0. The largest absolute Gasteiger partial charge is 0.457 e. The lowest BCUT2D eigenvalue weighted by molar-refractivity contribution is -0.119. The van der Waals surface area contributed by atoms with Gasteiger partial charge >= 0.3 is 5.97 Å². The first-order valence-electron chi connectivity index (χ1n) is 9.15. The third kappa shape index (κ3) is 4.89. The van der Waals surface area contributed by atoms with E-state index in [1.807, 2.05) is 24.3 Å². The fraction of sp³-hybridized carbons (Fsp3) is 0.400. The van der Waals surface area contributed by atoms with Gasteiger partial charge in [0.05, 0.1) is 6.26 Å². The summed E-state index contributed by atoms with van der Waals surface area (Å²) in [4.78, 5) is 28.6. The van der Waals surface area contributed by atoms with Gasteiger partial charge in [0, 0.05) is 43.1 Å². The number of carbonyl (C=O) groups is 2. The minimum absolute atomic E-state index is 0.121. The van der Waals surface area contributed by atoms with E-state index in [1.54, 1.807) is 13.0 Å². The van der Waals surface area contributed by atoms with Crippen molar-refractivity contribution in [3.05, 3.63) is 47.9 Å². The van der Waals surface area contributed by atoms with Gasteiger partial charge in [-0.2, -0.15) is 0 Å². The number of rotatable bonds is 6. The van der Waals surface area contributed by atoms with Crippen LogP contribution in [0.25, 0.3) is 0 Å². The Bertz CT molecular complexity index is 777. The average Bonchev–Trinajstić information content (AvgIpc) is 3.13. The maximum Gasteiger partial charge on any atom is 0.375 e. The molecule has 2 aromatic rings. The van der Waals surface area contributed by atoms with Gasteiger partial charge < -0.3 is 24.3 Å². The van der Waals surface area contributed by atoms with Gasteiger partial charge in [-0.25, -0.2) is 4.79 Å². The van der Waals surface area contributed by atoms with Crippen molar-refractivity contribution in [2.75, 3.05) is 49.5 Å². The van der Waals surface area contributed by atoms with E-state index in [0.717, 1.165) is 38.4 Å². The van der Waals surface area contributed by atoms with Crippen LogP contribution >= 0.6 is 0 Å². The number of likely N-dealkylation sites (N-methyl/N-ethyl adjacent to an activating group) is 1. The minimum Gasteiger partial charge on any atom is -0.457 e. The van der Waals surface area contributed by atoms with Gasteiger partial charge in [0.25, 0.3) is 5.91 Å². The van der Waals surface area contributed by atoms with Gasteiger partial charge in [0.1, 0.15) is 0 Å². The number of hydrogen-bond donors (Lipinski definition) is 1. The standard InChI is InChI=1S/C20H25N3O4/c1-3-22-9-11-23(12-10-22)17-6-4-16(5-7-17)21-18(24)14-27-20(25)19-15(2)8-13-26-19/h4-8,13H,3,9-12,14H2,1-2H3,(H,21,24). The summed E-state index contributed by atoms with van der Waals surface area (Å²) >= 11 is 0. The van der Waals surface area contributed by atoms with Crippen molar-refractivity contribution in [2.24, 2.45) is 0 Å². The Kier molecular flexibility index (Phi) is 6.13. The van der Waals surface area contributed by atoms with Crippen molar-refractivity contribution in [1.82, 2.24) is 4.90 Å². The lowest BCUT2D eigenvalue weighted by atomic mass is 10.2. The van der Waals surface area contributed by atoms with E-state index >= 15 is 0 Å². The topological polar surface area (TPSA) is 75.0 Å². The molecule has 1 aliphatic heterocycles. The van der Waals surface area contributed by atoms with Crippen LogP contribution in [0.5, 0.6) is 0 Å². The average molecular weight is 371 g/mol. The molecule has 1 N–H and O–H groups in total. The molecule has 0 atom stereocenters. The molecule has 0 aliphatic carbocycles. The van der Waals surface area contributed by atoms with Crippen molar-refractivity contribution < 1.29 is 18.7 Å². The molecule has 0 unspecified atom stereocenters. The van der Waals surface area contributed by atoms with E-state index in [0.29, 0.717) is 11.3 Å². The van der Waals surface area contributed by atoms with E-state index in [9.17, 15) is 9.59 Å². The maximum atomic E-state index is 12.0. The lowest BCUT2D eigenvalue weighted by Crippen LogP contribution is -2.46. The van der Waals surface area contributed by atoms with Gasteiger partial charge in [-0.15, -0.1) is 0 Å². The lowest BCUT2D eigenvalue weighted by Gasteiger charge is -2.35. The molecule has 1 aromatic carbocycles. The van der Waals surface area contributed by atoms with Crippen LogP contribution < -0.4 is 10.2 Å². The Labute approximate surface area is 158 Å². The predicted molar refractivity (Wildman–Crippen MR) is 103 cm³/mol. The Morgan fingerprint density at radius 1 is 1.11 bits per heavy atom. The number of nitrogens with one attached hydrogen (secondary N) is 1. The summed E-state index contributed by atoms with van der Waals surface area (Å²) in [6.07, 6.45) is 1.41. The summed E-state index contributed by atoms with van der Waals surface area (Å²) in [5.41, 5.74) is 2.49. The molecule has 27 heavy (non-hydrogen) atoms. The second-order valence-corrected chi connectivity index (χ2v) is 6.53. The molecule has 0 bridgehead atoms. The van der Waals surface area contributed by atoms with E-state index in [1.165, 1.54) is 6.26 Å². The maximum absolute atomic E-state index is 12.0. The molecule has 7 heteroatoms. The Hall–Kier alpha value is -2.80. The summed E-state index contributed by atoms with van der Waals surface area (Å²) in [5.74, 6) is -0.915. The first-order valence-corrected chi connectivity index (χ1v) is 9.15. The number of benzene rings is 1. The molecule has 0 spiro atoms. The van der Waals surface area contributed by atoms with Crippen LogP contribution in [0.15, 0.2) is 41.0 Å². The molecule has 1 aromatic heterocycles. The van der Waals surface area contributed by atoms with Crippen molar-refractivity contribution in [3.8, 4) is 0 Å². The summed E-state index contributed by atoms with van der Waals surface area (Å²) in [6.45, 7) is 8.78. The van der Waals surface area contributed by atoms with Crippen molar-refractivity contribution in [1.29, 1.82) is 0 Å². The molecule has 144 valence electrons. The molecule has 1 fully saturated rings. The van der Waals surface area contributed by atoms with Gasteiger partial charge in [0.2, 0.25) is 5.76 Å². The highest BCUT2D eigenvalue weighted by Gasteiger charge is 2.17. The molecule has 2 heterocycles. The number of nitrogens with zero attached hydrogens (tertiary/aromatic N) is 2. The minimum atomic E-state index is -0.644. The van der Waals surface area contributed by atoms with Gasteiger partial charge in [-0.1, -0.05) is 6.92 Å². The van der Waals surface area contributed by atoms with Gasteiger partial charge in [0.15, 0.2) is 6.61 Å². The number of carbonyl (C=O) groups excluding carboxylic acids is 2. The Balaban J connectivity index is 1.47. The van der Waals surface area contributed by atoms with Gasteiger partial charge in [-0.05, 0) is 43.8 Å². The Morgan fingerprint density at radius 2 is 1.81 bits per heavy atom. The number of amides is 1. The van der Waals surface area contributed by atoms with Crippen molar-refractivity contribution in [2.45, 2.75) is 13.8 Å². The molecular weight excluding hydrogens is 346 g/mol. The van der Waals surface area contributed by atoms with Gasteiger partial charge in [-0.3, -0.25) is 4.79 Å². The molecule has 1 amide bonds. The number of esters is 1. The number of furan rings is 1. The number of hydrogen-bond acceptors (Lipinski definition) is 6. The highest BCUT2D eigenvalue weighted by Crippen LogP contribution is 2.19. The zero-order chi connectivity index (χ0) is 19.2. The third-order valence-electron chi connectivity index (χ3n) is 4.72. The fourth-order valence-corrected chi connectivity index (χ4v) is 3.05. The van der Waals surface area contributed by atoms with Crippen LogP contribution in [0.3, 0.4) is 0 Å². The van der Waals surface area contributed by atoms with Crippen molar-refractivity contribution >= 4 is 23.3 Å². The van der Waals surface area contributed by atoms with Crippen LogP contribution in [-0.4, -0.2) is 56.1 Å². The second kappa shape index (κ2) is 8.73. The van der Waals surface area contributed by atoms with Crippen LogP contribution in [0.2, 0.25) is 0 Å². The SMILES string of the molecule is CCN1CCN(c2ccc(NC(=O)COC(=O)c3occc3C)cc2)CC1. The molecule has 1 aliphatic rings. The van der Waals surface area contributed by atoms with Crippen LogP contribution in [-0.2, 0) is 9.53 Å². The molecular formula is C20H25N3O4. The van der Waals surface area contributed by atoms with E-state index in [2.05, 4.69) is 22.0 Å². The molecule has 1 saturated heterocycles. The quantitative estimate of drug-likeness (QED) is 0.787. The molecule has 0 saturated carbocycles. The molecule has 3 rings (SSSR count). The van der Waals surface area contributed by atoms with Crippen LogP contribution in [0, 0.1) is 6.92 Å². The third-order valence-corrected chi connectivity index (χ3v) is 4.72. The normalized spacial score (nSPS) is 14.8.